The molecule has 1 N–H and O–H groups in total. The molecule has 1 aromatic heterocycles. The van der Waals surface area contributed by atoms with E-state index < -0.39 is 23.4 Å². The van der Waals surface area contributed by atoms with Crippen LogP contribution >= 0.6 is 0 Å². The number of hydrogen-bond acceptors (Lipinski definition) is 2. The molecule has 1 fully saturated rings. The Balaban J connectivity index is 2.41. The lowest BCUT2D eigenvalue weighted by Gasteiger charge is -2.18. The highest BCUT2D eigenvalue weighted by atomic mass is 19.4. The summed E-state index contributed by atoms with van der Waals surface area (Å²) < 4.78 is 38.6. The number of nitrogens with zero attached hydrogens (tertiary/aromatic N) is 2. The van der Waals surface area contributed by atoms with Gasteiger partial charge in [0.1, 0.15) is 0 Å². The van der Waals surface area contributed by atoms with E-state index in [2.05, 4.69) is 5.10 Å². The minimum Gasteiger partial charge on any atom is -0.392 e. The third-order valence-electron chi connectivity index (χ3n) is 3.27. The van der Waals surface area contributed by atoms with E-state index >= 15 is 0 Å². The van der Waals surface area contributed by atoms with E-state index in [-0.39, 0.29) is 0 Å². The first-order valence-electron chi connectivity index (χ1n) is 5.07. The molecule has 16 heavy (non-hydrogen) atoms. The molecule has 2 rings (SSSR count). The highest BCUT2D eigenvalue weighted by molar-refractivity contribution is 5.29. The van der Waals surface area contributed by atoms with Crippen molar-refractivity contribution < 1.29 is 18.3 Å². The van der Waals surface area contributed by atoms with Gasteiger partial charge in [0.2, 0.25) is 0 Å². The Labute approximate surface area is 90.9 Å². The van der Waals surface area contributed by atoms with Gasteiger partial charge in [0, 0.05) is 18.2 Å². The molecule has 1 aliphatic carbocycles. The Hall–Kier alpha value is -1.04. The summed E-state index contributed by atoms with van der Waals surface area (Å²) >= 11 is 0. The van der Waals surface area contributed by atoms with Crippen molar-refractivity contribution in [3.8, 4) is 0 Å². The lowest BCUT2D eigenvalue weighted by molar-refractivity contribution is -0.141. The molecule has 0 radical (unpaired) electrons. The molecule has 1 heterocycles. The quantitative estimate of drug-likeness (QED) is 0.848. The summed E-state index contributed by atoms with van der Waals surface area (Å²) in [5.41, 5.74) is -0.947. The summed E-state index contributed by atoms with van der Waals surface area (Å²) in [6.07, 6.45) is -3.66. The average molecular weight is 234 g/mol. The number of aliphatic hydroxyl groups excluding tert-OH is 1. The van der Waals surface area contributed by atoms with Crippen molar-refractivity contribution in [1.82, 2.24) is 9.78 Å². The summed E-state index contributed by atoms with van der Waals surface area (Å²) in [4.78, 5) is 0. The van der Waals surface area contributed by atoms with Crippen LogP contribution in [0.15, 0.2) is 6.07 Å². The molecule has 0 aliphatic heterocycles. The van der Waals surface area contributed by atoms with E-state index in [9.17, 15) is 18.3 Å². The zero-order valence-corrected chi connectivity index (χ0v) is 9.04. The summed E-state index contributed by atoms with van der Waals surface area (Å²) in [5.74, 6) is 0. The Morgan fingerprint density at radius 1 is 1.50 bits per heavy atom. The van der Waals surface area contributed by atoms with Crippen LogP contribution in [-0.2, 0) is 18.6 Å². The van der Waals surface area contributed by atoms with Crippen molar-refractivity contribution >= 4 is 0 Å². The molecule has 0 spiro atoms. The summed E-state index contributed by atoms with van der Waals surface area (Å²) in [6.45, 7) is 1.60. The molecule has 6 heteroatoms. The van der Waals surface area contributed by atoms with Gasteiger partial charge in [0.15, 0.2) is 5.69 Å². The molecule has 0 amide bonds. The predicted octanol–water partition coefficient (Wildman–Crippen LogP) is 1.85. The monoisotopic (exact) mass is 234 g/mol. The molecular formula is C10H13F3N2O. The highest BCUT2D eigenvalue weighted by Crippen LogP contribution is 2.51. The first kappa shape index (κ1) is 11.4. The zero-order chi connectivity index (χ0) is 12.1. The standard InChI is InChI=1S/C10H13F3N2O/c1-6(16)9(3-4-9)8-5-7(10(11,12)13)14-15(8)2/h5-6,16H,3-4H2,1-2H3. The number of hydrogen-bond donors (Lipinski definition) is 1. The number of aliphatic hydroxyl groups is 1. The second kappa shape index (κ2) is 3.23. The fourth-order valence-electron chi connectivity index (χ4n) is 2.09. The number of halogens is 3. The predicted molar refractivity (Wildman–Crippen MR) is 50.8 cm³/mol. The molecule has 90 valence electrons. The maximum atomic E-state index is 12.5. The normalized spacial score (nSPS) is 20.9. The van der Waals surface area contributed by atoms with Gasteiger partial charge in [-0.2, -0.15) is 18.3 Å². The fraction of sp³-hybridized carbons (Fsp3) is 0.700. The van der Waals surface area contributed by atoms with Gasteiger partial charge in [-0.1, -0.05) is 0 Å². The van der Waals surface area contributed by atoms with Gasteiger partial charge in [0.05, 0.1) is 6.10 Å². The van der Waals surface area contributed by atoms with Crippen LogP contribution in [0, 0.1) is 0 Å². The average Bonchev–Trinajstić information content (AvgIpc) is 2.84. The van der Waals surface area contributed by atoms with Crippen LogP contribution < -0.4 is 0 Å². The molecule has 1 aromatic rings. The highest BCUT2D eigenvalue weighted by Gasteiger charge is 2.51. The van der Waals surface area contributed by atoms with Crippen molar-refractivity contribution in [3.05, 3.63) is 17.5 Å². The molecule has 0 aromatic carbocycles. The van der Waals surface area contributed by atoms with Crippen LogP contribution in [-0.4, -0.2) is 21.0 Å². The van der Waals surface area contributed by atoms with Gasteiger partial charge in [0.25, 0.3) is 0 Å². The van der Waals surface area contributed by atoms with Gasteiger partial charge in [-0.25, -0.2) is 0 Å². The topological polar surface area (TPSA) is 38.1 Å². The number of rotatable bonds is 2. The molecule has 1 aliphatic rings. The van der Waals surface area contributed by atoms with Crippen LogP contribution in [0.4, 0.5) is 13.2 Å². The number of aryl methyl sites for hydroxylation is 1. The van der Waals surface area contributed by atoms with E-state index in [1.807, 2.05) is 0 Å². The molecule has 1 atom stereocenters. The van der Waals surface area contributed by atoms with Gasteiger partial charge >= 0.3 is 6.18 Å². The molecule has 1 unspecified atom stereocenters. The van der Waals surface area contributed by atoms with Crippen molar-refractivity contribution in [2.24, 2.45) is 7.05 Å². The smallest absolute Gasteiger partial charge is 0.392 e. The summed E-state index contributed by atoms with van der Waals surface area (Å²) in [7, 11) is 1.48. The first-order chi connectivity index (χ1) is 7.27. The van der Waals surface area contributed by atoms with Gasteiger partial charge < -0.3 is 5.11 Å². The zero-order valence-electron chi connectivity index (χ0n) is 9.04. The van der Waals surface area contributed by atoms with E-state index in [0.29, 0.717) is 18.5 Å². The first-order valence-corrected chi connectivity index (χ1v) is 5.07. The van der Waals surface area contributed by atoms with Gasteiger partial charge in [-0.05, 0) is 25.8 Å². The largest absolute Gasteiger partial charge is 0.435 e. The van der Waals surface area contributed by atoms with Crippen molar-refractivity contribution in [3.63, 3.8) is 0 Å². The van der Waals surface area contributed by atoms with E-state index in [1.165, 1.54) is 11.7 Å². The van der Waals surface area contributed by atoms with E-state index in [0.717, 1.165) is 6.07 Å². The van der Waals surface area contributed by atoms with Crippen LogP contribution in [0.3, 0.4) is 0 Å². The lowest BCUT2D eigenvalue weighted by Crippen LogP contribution is -2.25. The van der Waals surface area contributed by atoms with Crippen LogP contribution in [0.5, 0.6) is 0 Å². The maximum absolute atomic E-state index is 12.5. The Morgan fingerprint density at radius 2 is 2.06 bits per heavy atom. The number of alkyl halides is 3. The second-order valence-electron chi connectivity index (χ2n) is 4.37. The van der Waals surface area contributed by atoms with Crippen LogP contribution in [0.25, 0.3) is 0 Å². The Morgan fingerprint density at radius 3 is 2.38 bits per heavy atom. The van der Waals surface area contributed by atoms with Gasteiger partial charge in [-0.15, -0.1) is 0 Å². The third-order valence-corrected chi connectivity index (χ3v) is 3.27. The molecule has 0 saturated heterocycles. The van der Waals surface area contributed by atoms with Crippen LogP contribution in [0.2, 0.25) is 0 Å². The van der Waals surface area contributed by atoms with Crippen molar-refractivity contribution in [1.29, 1.82) is 0 Å². The maximum Gasteiger partial charge on any atom is 0.435 e. The Bertz CT molecular complexity index is 405. The van der Waals surface area contributed by atoms with Gasteiger partial charge in [-0.3, -0.25) is 4.68 Å². The van der Waals surface area contributed by atoms with Crippen molar-refractivity contribution in [2.75, 3.05) is 0 Å². The van der Waals surface area contributed by atoms with Crippen LogP contribution in [0.1, 0.15) is 31.2 Å². The van der Waals surface area contributed by atoms with E-state index in [4.69, 9.17) is 0 Å². The fourth-order valence-corrected chi connectivity index (χ4v) is 2.09. The van der Waals surface area contributed by atoms with Crippen molar-refractivity contribution in [2.45, 2.75) is 37.5 Å². The SMILES string of the molecule is CC(O)C1(c2cc(C(F)(F)F)nn2C)CC1. The second-order valence-corrected chi connectivity index (χ2v) is 4.37. The summed E-state index contributed by atoms with van der Waals surface area (Å²) in [6, 6.07) is 1.04. The molecule has 1 saturated carbocycles. The third kappa shape index (κ3) is 1.61. The minimum absolute atomic E-state index is 0.467. The van der Waals surface area contributed by atoms with E-state index in [1.54, 1.807) is 6.92 Å². The molecule has 0 bridgehead atoms. The molecule has 3 nitrogen and oxygen atoms in total. The Kier molecular flexibility index (Phi) is 2.31. The lowest BCUT2D eigenvalue weighted by atomic mass is 9.96. The summed E-state index contributed by atoms with van der Waals surface area (Å²) in [5, 5.41) is 13.1. The minimum atomic E-state index is -4.43. The molecular weight excluding hydrogens is 221 g/mol. The number of aromatic nitrogens is 2.